The summed E-state index contributed by atoms with van der Waals surface area (Å²) in [5, 5.41) is 15.1. The van der Waals surface area contributed by atoms with Gasteiger partial charge in [0.1, 0.15) is 0 Å². The van der Waals surface area contributed by atoms with E-state index in [1.165, 1.54) is 98.1 Å². The van der Waals surface area contributed by atoms with Crippen LogP contribution in [0.5, 0.6) is 0 Å². The molecule has 11 rings (SSSR count). The van der Waals surface area contributed by atoms with E-state index in [2.05, 4.69) is 179 Å². The Kier molecular flexibility index (Phi) is 5.14. The summed E-state index contributed by atoms with van der Waals surface area (Å²) >= 11 is 0. The molecule has 0 saturated heterocycles. The van der Waals surface area contributed by atoms with Crippen LogP contribution in [0, 0.1) is 0 Å². The standard InChI is InChI=1S/C46H28N2/c1-3-15-31-29(13-1)25-27-37-43(31)44-32-16-4-2-14-30(32)26-28-38(44)46(48-41-23-11-7-19-35(41)36-20-8-12-24-42(36)48)45(37)47-39-21-9-5-17-33(39)34-18-6-10-22-40(34)47/h1-28H. The highest BCUT2D eigenvalue weighted by molar-refractivity contribution is 6.32. The molecule has 0 saturated carbocycles. The Hall–Kier alpha value is -6.38. The predicted molar refractivity (Wildman–Crippen MR) is 205 cm³/mol. The van der Waals surface area contributed by atoms with Gasteiger partial charge in [-0.2, -0.15) is 0 Å². The maximum atomic E-state index is 2.54. The summed E-state index contributed by atoms with van der Waals surface area (Å²) in [6.45, 7) is 0. The lowest BCUT2D eigenvalue weighted by Gasteiger charge is -2.24. The summed E-state index contributed by atoms with van der Waals surface area (Å²) in [7, 11) is 0. The fourth-order valence-electron chi connectivity index (χ4n) is 8.51. The summed E-state index contributed by atoms with van der Waals surface area (Å²) in [4.78, 5) is 0. The van der Waals surface area contributed by atoms with Crippen molar-refractivity contribution in [2.75, 3.05) is 0 Å². The second-order valence-corrected chi connectivity index (χ2v) is 12.9. The number of aromatic nitrogens is 2. The lowest BCUT2D eigenvalue weighted by atomic mass is 9.90. The Balaban J connectivity index is 1.52. The Morgan fingerprint density at radius 3 is 0.875 bits per heavy atom. The highest BCUT2D eigenvalue weighted by Crippen LogP contribution is 2.48. The number of hydrogen-bond donors (Lipinski definition) is 0. The van der Waals surface area contributed by atoms with Crippen LogP contribution in [0.4, 0.5) is 0 Å². The molecular formula is C46H28N2. The molecule has 0 radical (unpaired) electrons. The van der Waals surface area contributed by atoms with Crippen molar-refractivity contribution in [2.24, 2.45) is 0 Å². The number of nitrogens with zero attached hydrogens (tertiary/aromatic N) is 2. The van der Waals surface area contributed by atoms with Crippen molar-refractivity contribution in [3.05, 3.63) is 170 Å². The molecule has 0 atom stereocenters. The van der Waals surface area contributed by atoms with Crippen molar-refractivity contribution in [2.45, 2.75) is 0 Å². The number of benzene rings is 9. The third-order valence-electron chi connectivity index (χ3n) is 10.4. The van der Waals surface area contributed by atoms with Crippen LogP contribution in [0.15, 0.2) is 170 Å². The van der Waals surface area contributed by atoms with Gasteiger partial charge in [-0.05, 0) is 45.8 Å². The van der Waals surface area contributed by atoms with Gasteiger partial charge in [0.05, 0.1) is 33.4 Å². The van der Waals surface area contributed by atoms with Gasteiger partial charge in [-0.1, -0.05) is 146 Å². The third-order valence-corrected chi connectivity index (χ3v) is 10.4. The molecule has 0 amide bonds. The van der Waals surface area contributed by atoms with E-state index in [1.54, 1.807) is 0 Å². The number of para-hydroxylation sites is 4. The first-order valence-corrected chi connectivity index (χ1v) is 16.6. The molecule has 9 aromatic carbocycles. The summed E-state index contributed by atoms with van der Waals surface area (Å²) < 4.78 is 5.07. The van der Waals surface area contributed by atoms with Gasteiger partial charge < -0.3 is 9.13 Å². The highest BCUT2D eigenvalue weighted by Gasteiger charge is 2.25. The van der Waals surface area contributed by atoms with Gasteiger partial charge in [-0.3, -0.25) is 0 Å². The van der Waals surface area contributed by atoms with Gasteiger partial charge in [0.2, 0.25) is 0 Å². The maximum Gasteiger partial charge on any atom is 0.0788 e. The maximum absolute atomic E-state index is 2.54. The number of fused-ring (bicyclic) bond motifs is 13. The van der Waals surface area contributed by atoms with Crippen molar-refractivity contribution >= 4 is 86.7 Å². The molecule has 0 unspecified atom stereocenters. The molecule has 48 heavy (non-hydrogen) atoms. The minimum atomic E-state index is 1.20. The van der Waals surface area contributed by atoms with E-state index in [-0.39, 0.29) is 0 Å². The van der Waals surface area contributed by atoms with Crippen molar-refractivity contribution in [3.63, 3.8) is 0 Å². The van der Waals surface area contributed by atoms with Crippen molar-refractivity contribution in [3.8, 4) is 11.4 Å². The smallest absolute Gasteiger partial charge is 0.0788 e. The Bertz CT molecular complexity index is 2800. The predicted octanol–water partition coefficient (Wildman–Crippen LogP) is 12.5. The minimum Gasteiger partial charge on any atom is -0.307 e. The van der Waals surface area contributed by atoms with Crippen LogP contribution in [-0.4, -0.2) is 9.13 Å². The topological polar surface area (TPSA) is 9.86 Å². The van der Waals surface area contributed by atoms with Gasteiger partial charge >= 0.3 is 0 Å². The van der Waals surface area contributed by atoms with Crippen LogP contribution in [-0.2, 0) is 0 Å². The van der Waals surface area contributed by atoms with E-state index in [1.807, 2.05) is 0 Å². The molecule has 2 aromatic heterocycles. The summed E-state index contributed by atoms with van der Waals surface area (Å²) in [6, 6.07) is 62.6. The zero-order valence-electron chi connectivity index (χ0n) is 26.1. The first-order chi connectivity index (χ1) is 23.9. The van der Waals surface area contributed by atoms with Crippen LogP contribution in [0.3, 0.4) is 0 Å². The molecule has 222 valence electrons. The number of hydrogen-bond acceptors (Lipinski definition) is 0. The van der Waals surface area contributed by atoms with Gasteiger partial charge in [-0.25, -0.2) is 0 Å². The van der Waals surface area contributed by atoms with E-state index in [0.717, 1.165) is 0 Å². The SMILES string of the molecule is c1ccc2c(c1)ccc1c(-n3c4ccccc4c4ccccc43)c(-n3c4ccccc4c4ccccc43)c3ccc4ccccc4c3c12. The second kappa shape index (κ2) is 9.57. The summed E-state index contributed by atoms with van der Waals surface area (Å²) in [5.41, 5.74) is 7.21. The monoisotopic (exact) mass is 608 g/mol. The molecule has 2 nitrogen and oxygen atoms in total. The molecule has 0 spiro atoms. The quantitative estimate of drug-likeness (QED) is 0.173. The van der Waals surface area contributed by atoms with Crippen molar-refractivity contribution < 1.29 is 0 Å². The average Bonchev–Trinajstić information content (AvgIpc) is 3.66. The zero-order chi connectivity index (χ0) is 31.3. The van der Waals surface area contributed by atoms with E-state index in [0.29, 0.717) is 0 Å². The van der Waals surface area contributed by atoms with Crippen molar-refractivity contribution in [1.29, 1.82) is 0 Å². The van der Waals surface area contributed by atoms with E-state index >= 15 is 0 Å². The van der Waals surface area contributed by atoms with E-state index in [4.69, 9.17) is 0 Å². The van der Waals surface area contributed by atoms with Crippen molar-refractivity contribution in [1.82, 2.24) is 9.13 Å². The zero-order valence-corrected chi connectivity index (χ0v) is 26.1. The third kappa shape index (κ3) is 3.31. The van der Waals surface area contributed by atoms with Gasteiger partial charge in [0.15, 0.2) is 0 Å². The first kappa shape index (κ1) is 25.8. The van der Waals surface area contributed by atoms with E-state index < -0.39 is 0 Å². The average molecular weight is 609 g/mol. The van der Waals surface area contributed by atoms with Gasteiger partial charge in [0.25, 0.3) is 0 Å². The van der Waals surface area contributed by atoms with Crippen LogP contribution < -0.4 is 0 Å². The largest absolute Gasteiger partial charge is 0.307 e. The van der Waals surface area contributed by atoms with Crippen LogP contribution in [0.25, 0.3) is 98.1 Å². The molecule has 2 heterocycles. The molecule has 2 heteroatoms. The number of rotatable bonds is 2. The minimum absolute atomic E-state index is 1.20. The molecule has 0 fully saturated rings. The Labute approximate surface area is 276 Å². The van der Waals surface area contributed by atoms with Gasteiger partial charge in [0, 0.05) is 43.1 Å². The Morgan fingerprint density at radius 1 is 0.229 bits per heavy atom. The van der Waals surface area contributed by atoms with E-state index in [9.17, 15) is 0 Å². The highest BCUT2D eigenvalue weighted by atomic mass is 15.1. The first-order valence-electron chi connectivity index (χ1n) is 16.6. The fraction of sp³-hybridized carbons (Fsp3) is 0. The van der Waals surface area contributed by atoms with Crippen LogP contribution in [0.1, 0.15) is 0 Å². The lowest BCUT2D eigenvalue weighted by molar-refractivity contribution is 1.12. The molecule has 0 aliphatic heterocycles. The van der Waals surface area contributed by atoms with Gasteiger partial charge in [-0.15, -0.1) is 0 Å². The molecule has 0 aliphatic carbocycles. The lowest BCUT2D eigenvalue weighted by Crippen LogP contribution is -2.06. The molecule has 11 aromatic rings. The normalized spacial score (nSPS) is 12.2. The molecule has 0 aliphatic rings. The summed E-state index contributed by atoms with van der Waals surface area (Å²) in [6.07, 6.45) is 0. The molecule has 0 N–H and O–H groups in total. The fourth-order valence-corrected chi connectivity index (χ4v) is 8.51. The Morgan fingerprint density at radius 2 is 0.521 bits per heavy atom. The van der Waals surface area contributed by atoms with Crippen LogP contribution >= 0.6 is 0 Å². The molecular weight excluding hydrogens is 581 g/mol. The second-order valence-electron chi connectivity index (χ2n) is 12.9. The molecule has 0 bridgehead atoms. The summed E-state index contributed by atoms with van der Waals surface area (Å²) in [5.74, 6) is 0. The van der Waals surface area contributed by atoms with Crippen LogP contribution in [0.2, 0.25) is 0 Å².